The smallest absolute Gasteiger partial charge is 0.0726 e. The lowest BCUT2D eigenvalue weighted by atomic mass is 9.70. The molecular weight excluding hydrogens is 687 g/mol. The van der Waals surface area contributed by atoms with Gasteiger partial charge in [-0.25, -0.2) is 0 Å². The third-order valence-electron chi connectivity index (χ3n) is 13.3. The van der Waals surface area contributed by atoms with Gasteiger partial charge in [-0.2, -0.15) is 0 Å². The molecule has 9 aromatic rings. The molecule has 0 radical (unpaired) electrons. The summed E-state index contributed by atoms with van der Waals surface area (Å²) in [5, 5.41) is 2.54. The lowest BCUT2D eigenvalue weighted by Gasteiger charge is -2.32. The van der Waals surface area contributed by atoms with E-state index in [1.807, 2.05) is 0 Å². The molecule has 0 fully saturated rings. The van der Waals surface area contributed by atoms with Crippen LogP contribution in [0.5, 0.6) is 0 Å². The summed E-state index contributed by atoms with van der Waals surface area (Å²) < 4.78 is 0. The molecule has 1 heteroatoms. The molecule has 0 atom stereocenters. The number of hydrogen-bond acceptors (Lipinski definition) is 1. The second-order valence-electron chi connectivity index (χ2n) is 16.4. The summed E-state index contributed by atoms with van der Waals surface area (Å²) in [4.78, 5) is 2.50. The molecule has 0 unspecified atom stereocenters. The van der Waals surface area contributed by atoms with Gasteiger partial charge in [-0.05, 0) is 126 Å². The van der Waals surface area contributed by atoms with Crippen molar-refractivity contribution < 1.29 is 0 Å². The Hall–Kier alpha value is -6.96. The Bertz CT molecular complexity index is 3070. The van der Waals surface area contributed by atoms with Crippen molar-refractivity contribution in [2.45, 2.75) is 24.7 Å². The van der Waals surface area contributed by atoms with Crippen molar-refractivity contribution in [2.24, 2.45) is 0 Å². The van der Waals surface area contributed by atoms with Gasteiger partial charge in [-0.1, -0.05) is 172 Å². The fraction of sp³-hybridized carbons (Fsp3) is 0.0714. The molecule has 1 nitrogen and oxygen atoms in total. The minimum Gasteiger partial charge on any atom is -0.310 e. The average molecular weight is 726 g/mol. The van der Waals surface area contributed by atoms with Crippen molar-refractivity contribution in [3.8, 4) is 44.5 Å². The highest BCUT2D eigenvalue weighted by Crippen LogP contribution is 2.65. The van der Waals surface area contributed by atoms with Gasteiger partial charge >= 0.3 is 0 Å². The monoisotopic (exact) mass is 725 g/mol. The summed E-state index contributed by atoms with van der Waals surface area (Å²) in [6.07, 6.45) is 0. The summed E-state index contributed by atoms with van der Waals surface area (Å²) in [6.45, 7) is 4.79. The maximum atomic E-state index is 2.50. The summed E-state index contributed by atoms with van der Waals surface area (Å²) in [6, 6.07) is 74.9. The number of anilines is 3. The van der Waals surface area contributed by atoms with Crippen LogP contribution in [-0.4, -0.2) is 0 Å². The predicted octanol–water partition coefficient (Wildman–Crippen LogP) is 14.6. The number of fused-ring (bicyclic) bond motifs is 14. The third-order valence-corrected chi connectivity index (χ3v) is 13.3. The first-order chi connectivity index (χ1) is 28.0. The van der Waals surface area contributed by atoms with E-state index in [1.165, 1.54) is 94.3 Å². The zero-order valence-electron chi connectivity index (χ0n) is 32.0. The lowest BCUT2D eigenvalue weighted by Crippen LogP contribution is -2.26. The van der Waals surface area contributed by atoms with Crippen LogP contribution in [0.15, 0.2) is 200 Å². The summed E-state index contributed by atoms with van der Waals surface area (Å²) in [7, 11) is 0. The first-order valence-electron chi connectivity index (χ1n) is 20.1. The topological polar surface area (TPSA) is 3.24 Å². The number of para-hydroxylation sites is 1. The molecule has 1 spiro atoms. The molecule has 0 heterocycles. The molecule has 57 heavy (non-hydrogen) atoms. The predicted molar refractivity (Wildman–Crippen MR) is 238 cm³/mol. The lowest BCUT2D eigenvalue weighted by molar-refractivity contribution is 0.660. The van der Waals surface area contributed by atoms with E-state index in [9.17, 15) is 0 Å². The minimum absolute atomic E-state index is 0.192. The van der Waals surface area contributed by atoms with E-state index < -0.39 is 5.41 Å². The maximum Gasteiger partial charge on any atom is 0.0726 e. The Morgan fingerprint density at radius 1 is 0.333 bits per heavy atom. The maximum absolute atomic E-state index is 2.50. The van der Waals surface area contributed by atoms with Crippen molar-refractivity contribution in [1.29, 1.82) is 0 Å². The van der Waals surface area contributed by atoms with E-state index in [-0.39, 0.29) is 5.41 Å². The summed E-state index contributed by atoms with van der Waals surface area (Å²) in [5.74, 6) is 0. The molecule has 0 N–H and O–H groups in total. The largest absolute Gasteiger partial charge is 0.310 e. The highest BCUT2D eigenvalue weighted by Gasteiger charge is 2.52. The van der Waals surface area contributed by atoms with Crippen LogP contribution >= 0.6 is 0 Å². The van der Waals surface area contributed by atoms with E-state index in [0.29, 0.717) is 0 Å². The van der Waals surface area contributed by atoms with Gasteiger partial charge in [0.05, 0.1) is 11.1 Å². The van der Waals surface area contributed by atoms with Crippen LogP contribution in [0.4, 0.5) is 17.1 Å². The molecule has 0 aliphatic heterocycles. The zero-order valence-corrected chi connectivity index (χ0v) is 32.0. The van der Waals surface area contributed by atoms with E-state index >= 15 is 0 Å². The Kier molecular flexibility index (Phi) is 6.67. The van der Waals surface area contributed by atoms with E-state index in [2.05, 4.69) is 219 Å². The van der Waals surface area contributed by atoms with Gasteiger partial charge in [0, 0.05) is 22.4 Å². The Balaban J connectivity index is 1.05. The highest BCUT2D eigenvalue weighted by atomic mass is 15.1. The zero-order chi connectivity index (χ0) is 37.9. The van der Waals surface area contributed by atoms with E-state index in [1.54, 1.807) is 0 Å². The normalized spacial score (nSPS) is 14.4. The van der Waals surface area contributed by atoms with Crippen LogP contribution < -0.4 is 4.90 Å². The molecule has 0 amide bonds. The third kappa shape index (κ3) is 4.34. The molecule has 0 saturated carbocycles. The molecule has 3 aliphatic carbocycles. The van der Waals surface area contributed by atoms with Gasteiger partial charge in [0.1, 0.15) is 0 Å². The standard InChI is InChI=1S/C56H39N/c1-55(2)51-34-39(38-28-27-36-15-6-7-16-37(36)33-38)29-31-44(51)45-32-30-41(35-52(45)55)57(40-17-4-3-5-18-40)53-26-14-25-50-54(53)46-21-10-13-24-49(46)56(50)47-22-11-8-19-42(47)43-20-9-12-23-48(43)56/h3-35H,1-2H3. The molecular formula is C56H39N. The second kappa shape index (κ2) is 11.8. The van der Waals surface area contributed by atoms with Crippen molar-refractivity contribution in [3.63, 3.8) is 0 Å². The number of nitrogens with zero attached hydrogens (tertiary/aromatic N) is 1. The molecule has 0 saturated heterocycles. The molecule has 0 bridgehead atoms. The van der Waals surface area contributed by atoms with Crippen LogP contribution in [0.1, 0.15) is 47.2 Å². The number of rotatable bonds is 4. The van der Waals surface area contributed by atoms with Crippen molar-refractivity contribution in [3.05, 3.63) is 234 Å². The van der Waals surface area contributed by atoms with Gasteiger partial charge in [-0.3, -0.25) is 0 Å². The summed E-state index contributed by atoms with van der Waals surface area (Å²) >= 11 is 0. The van der Waals surface area contributed by atoms with Crippen LogP contribution in [0.3, 0.4) is 0 Å². The van der Waals surface area contributed by atoms with Crippen molar-refractivity contribution >= 4 is 27.8 Å². The SMILES string of the molecule is CC1(C)c2cc(-c3ccc4ccccc4c3)ccc2-c2ccc(N(c3ccccc3)c3cccc4c3-c3ccccc3C43c4ccccc4-c4ccccc43)cc21. The fourth-order valence-corrected chi connectivity index (χ4v) is 10.7. The first-order valence-corrected chi connectivity index (χ1v) is 20.1. The minimum atomic E-state index is -0.401. The molecule has 0 aromatic heterocycles. The molecule has 268 valence electrons. The Morgan fingerprint density at radius 2 is 0.860 bits per heavy atom. The van der Waals surface area contributed by atoms with Crippen LogP contribution in [0.25, 0.3) is 55.3 Å². The van der Waals surface area contributed by atoms with Crippen LogP contribution in [-0.2, 0) is 10.8 Å². The van der Waals surface area contributed by atoms with Crippen LogP contribution in [0.2, 0.25) is 0 Å². The molecule has 9 aromatic carbocycles. The second-order valence-corrected chi connectivity index (χ2v) is 16.4. The van der Waals surface area contributed by atoms with Gasteiger partial charge in [0.25, 0.3) is 0 Å². The van der Waals surface area contributed by atoms with Gasteiger partial charge in [0.15, 0.2) is 0 Å². The Morgan fingerprint density at radius 3 is 1.60 bits per heavy atom. The van der Waals surface area contributed by atoms with Crippen molar-refractivity contribution in [2.75, 3.05) is 4.90 Å². The number of hydrogen-bond donors (Lipinski definition) is 0. The van der Waals surface area contributed by atoms with Gasteiger partial charge in [-0.15, -0.1) is 0 Å². The first kappa shape index (κ1) is 32.3. The number of benzene rings is 9. The van der Waals surface area contributed by atoms with E-state index in [4.69, 9.17) is 0 Å². The fourth-order valence-electron chi connectivity index (χ4n) is 10.7. The van der Waals surface area contributed by atoms with Gasteiger partial charge in [0.2, 0.25) is 0 Å². The van der Waals surface area contributed by atoms with Crippen LogP contribution in [0, 0.1) is 0 Å². The molecule has 3 aliphatic rings. The molecule has 12 rings (SSSR count). The summed E-state index contributed by atoms with van der Waals surface area (Å²) in [5.41, 5.74) is 21.5. The van der Waals surface area contributed by atoms with Gasteiger partial charge < -0.3 is 4.90 Å². The van der Waals surface area contributed by atoms with Crippen molar-refractivity contribution in [1.82, 2.24) is 0 Å². The highest BCUT2D eigenvalue weighted by molar-refractivity contribution is 6.01. The quantitative estimate of drug-likeness (QED) is 0.175. The average Bonchev–Trinajstić information content (AvgIpc) is 3.83. The van der Waals surface area contributed by atoms with E-state index in [0.717, 1.165) is 11.4 Å². The Labute approximate surface area is 334 Å².